The van der Waals surface area contributed by atoms with Crippen molar-refractivity contribution in [3.05, 3.63) is 70.4 Å². The lowest BCUT2D eigenvalue weighted by Crippen LogP contribution is -2.35. The van der Waals surface area contributed by atoms with E-state index >= 15 is 0 Å². The van der Waals surface area contributed by atoms with Crippen molar-refractivity contribution in [3.8, 4) is 0 Å². The molecule has 0 spiro atoms. The van der Waals surface area contributed by atoms with Crippen LogP contribution in [0.2, 0.25) is 5.02 Å². The van der Waals surface area contributed by atoms with Crippen molar-refractivity contribution >= 4 is 23.3 Å². The first-order valence-corrected chi connectivity index (χ1v) is 12.4. The molecular formula is C28H39ClN2O2. The Morgan fingerprint density at radius 1 is 1.30 bits per heavy atom. The van der Waals surface area contributed by atoms with E-state index in [-0.39, 0.29) is 11.3 Å². The SMILES string of the molecule is C=C/C(=C\C1=C(C)N[C@@](C)(c2ccc(Cl)cc2)C1)C(C)=O.CCC[C@@H](CC)N1CCCC1=O. The summed E-state index contributed by atoms with van der Waals surface area (Å²) in [5, 5.41) is 4.26. The van der Waals surface area contributed by atoms with Crippen LogP contribution < -0.4 is 5.32 Å². The van der Waals surface area contributed by atoms with E-state index in [1.54, 1.807) is 13.0 Å². The fourth-order valence-corrected chi connectivity index (χ4v) is 4.79. The number of hydrogen-bond donors (Lipinski definition) is 1. The van der Waals surface area contributed by atoms with Gasteiger partial charge >= 0.3 is 0 Å². The summed E-state index contributed by atoms with van der Waals surface area (Å²) in [4.78, 5) is 25.0. The van der Waals surface area contributed by atoms with Gasteiger partial charge in [0, 0.05) is 41.7 Å². The van der Waals surface area contributed by atoms with Crippen LogP contribution in [0.4, 0.5) is 0 Å². The van der Waals surface area contributed by atoms with Crippen molar-refractivity contribution in [1.29, 1.82) is 0 Å². The summed E-state index contributed by atoms with van der Waals surface area (Å²) in [5.74, 6) is 0.403. The lowest BCUT2D eigenvalue weighted by atomic mass is 9.88. The number of rotatable bonds is 8. The van der Waals surface area contributed by atoms with E-state index < -0.39 is 0 Å². The average Bonchev–Trinajstić information content (AvgIpc) is 3.33. The van der Waals surface area contributed by atoms with E-state index in [0.29, 0.717) is 17.5 Å². The number of carbonyl (C=O) groups excluding carboxylic acids is 2. The van der Waals surface area contributed by atoms with Crippen molar-refractivity contribution in [3.63, 3.8) is 0 Å². The van der Waals surface area contributed by atoms with Crippen molar-refractivity contribution in [2.75, 3.05) is 6.54 Å². The van der Waals surface area contributed by atoms with Crippen molar-refractivity contribution in [2.45, 2.75) is 84.7 Å². The minimum absolute atomic E-state index is 0.0328. The Bertz CT molecular complexity index is 916. The molecule has 0 unspecified atom stereocenters. The van der Waals surface area contributed by atoms with Gasteiger partial charge < -0.3 is 10.2 Å². The largest absolute Gasteiger partial charge is 0.379 e. The molecule has 4 nitrogen and oxygen atoms in total. The van der Waals surface area contributed by atoms with Gasteiger partial charge in [0.05, 0.1) is 5.54 Å². The topological polar surface area (TPSA) is 49.4 Å². The number of hydrogen-bond acceptors (Lipinski definition) is 3. The molecule has 0 aliphatic carbocycles. The standard InChI is InChI=1S/C18H20ClNO.C10H19NO/c1-5-14(13(3)21)10-15-11-18(4,20-12(15)2)16-6-8-17(19)9-7-16;1-3-6-9(4-2)11-8-5-7-10(11)12/h5-10,20H,1,11H2,2-4H3;9H,3-8H2,1-2H3/b14-10+;/t18-;9-/m11/s1. The van der Waals surface area contributed by atoms with Gasteiger partial charge in [0.1, 0.15) is 0 Å². The number of amides is 1. The third-order valence-electron chi connectivity index (χ3n) is 6.57. The summed E-state index contributed by atoms with van der Waals surface area (Å²) < 4.78 is 0. The molecule has 33 heavy (non-hydrogen) atoms. The Kier molecular flexibility index (Phi) is 9.97. The van der Waals surface area contributed by atoms with Gasteiger partial charge in [0.15, 0.2) is 5.78 Å². The Balaban J connectivity index is 0.000000273. The smallest absolute Gasteiger partial charge is 0.222 e. The molecule has 180 valence electrons. The predicted molar refractivity (Wildman–Crippen MR) is 138 cm³/mol. The van der Waals surface area contributed by atoms with Crippen LogP contribution >= 0.6 is 11.6 Å². The molecule has 1 amide bonds. The van der Waals surface area contributed by atoms with Crippen molar-refractivity contribution in [2.24, 2.45) is 0 Å². The molecule has 1 N–H and O–H groups in total. The first-order valence-electron chi connectivity index (χ1n) is 12.0. The molecule has 1 saturated heterocycles. The molecule has 5 heteroatoms. The molecular weight excluding hydrogens is 432 g/mol. The van der Waals surface area contributed by atoms with Gasteiger partial charge in [-0.15, -0.1) is 0 Å². The van der Waals surface area contributed by atoms with Gasteiger partial charge in [0.2, 0.25) is 5.91 Å². The first kappa shape index (κ1) is 26.9. The highest BCUT2D eigenvalue weighted by Gasteiger charge is 2.33. The van der Waals surface area contributed by atoms with E-state index in [2.05, 4.69) is 37.6 Å². The summed E-state index contributed by atoms with van der Waals surface area (Å²) in [6.45, 7) is 14.8. The maximum atomic E-state index is 11.5. The number of ketones is 1. The van der Waals surface area contributed by atoms with E-state index in [1.165, 1.54) is 18.4 Å². The number of nitrogens with zero attached hydrogens (tertiary/aromatic N) is 1. The van der Waals surface area contributed by atoms with Crippen LogP contribution in [0, 0.1) is 0 Å². The van der Waals surface area contributed by atoms with Crippen LogP contribution in [0.5, 0.6) is 0 Å². The number of likely N-dealkylation sites (tertiary alicyclic amines) is 1. The molecule has 0 aromatic heterocycles. The second-order valence-electron chi connectivity index (χ2n) is 9.19. The predicted octanol–water partition coefficient (Wildman–Crippen LogP) is 6.71. The number of Topliss-reactive ketones (excluding diaryl/α,β-unsaturated/α-hetero) is 1. The molecule has 1 aromatic rings. The molecule has 3 rings (SSSR count). The Labute approximate surface area is 204 Å². The third kappa shape index (κ3) is 7.07. The monoisotopic (exact) mass is 470 g/mol. The summed E-state index contributed by atoms with van der Waals surface area (Å²) in [6.07, 6.45) is 9.67. The molecule has 2 aliphatic rings. The molecule has 2 aliphatic heterocycles. The highest BCUT2D eigenvalue weighted by Crippen LogP contribution is 2.37. The van der Waals surface area contributed by atoms with Crippen LogP contribution in [0.15, 0.2) is 59.8 Å². The van der Waals surface area contributed by atoms with Crippen LogP contribution in [-0.4, -0.2) is 29.2 Å². The highest BCUT2D eigenvalue weighted by atomic mass is 35.5. The second kappa shape index (κ2) is 12.2. The zero-order chi connectivity index (χ0) is 24.6. The molecule has 0 bridgehead atoms. The summed E-state index contributed by atoms with van der Waals surface area (Å²) in [5.41, 5.74) is 3.87. The number of nitrogens with one attached hydrogen (secondary N) is 1. The van der Waals surface area contributed by atoms with Gasteiger partial charge in [-0.3, -0.25) is 9.59 Å². The third-order valence-corrected chi connectivity index (χ3v) is 6.82. The number of halogens is 1. The van der Waals surface area contributed by atoms with Crippen molar-refractivity contribution < 1.29 is 9.59 Å². The Morgan fingerprint density at radius 3 is 2.45 bits per heavy atom. The van der Waals surface area contributed by atoms with Crippen molar-refractivity contribution in [1.82, 2.24) is 10.2 Å². The van der Waals surface area contributed by atoms with E-state index in [1.807, 2.05) is 37.3 Å². The number of carbonyl (C=O) groups is 2. The lowest BCUT2D eigenvalue weighted by molar-refractivity contribution is -0.129. The Morgan fingerprint density at radius 2 is 1.97 bits per heavy atom. The maximum absolute atomic E-state index is 11.5. The molecule has 1 aromatic carbocycles. The minimum atomic E-state index is -0.177. The number of benzene rings is 1. The molecule has 1 fully saturated rings. The number of allylic oxidation sites excluding steroid dienone is 4. The molecule has 0 saturated carbocycles. The zero-order valence-electron chi connectivity index (χ0n) is 20.8. The zero-order valence-corrected chi connectivity index (χ0v) is 21.6. The molecule has 0 radical (unpaired) electrons. The fraction of sp³-hybridized carbons (Fsp3) is 0.500. The summed E-state index contributed by atoms with van der Waals surface area (Å²) in [6, 6.07) is 8.39. The van der Waals surface area contributed by atoms with Gasteiger partial charge in [-0.2, -0.15) is 0 Å². The van der Waals surface area contributed by atoms with E-state index in [4.69, 9.17) is 11.6 Å². The van der Waals surface area contributed by atoms with Crippen LogP contribution in [0.25, 0.3) is 0 Å². The Hall–Kier alpha value is -2.33. The van der Waals surface area contributed by atoms with Crippen LogP contribution in [0.3, 0.4) is 0 Å². The fourth-order valence-electron chi connectivity index (χ4n) is 4.66. The second-order valence-corrected chi connectivity index (χ2v) is 9.63. The summed E-state index contributed by atoms with van der Waals surface area (Å²) >= 11 is 5.95. The van der Waals surface area contributed by atoms with Gasteiger partial charge in [-0.05, 0) is 69.4 Å². The van der Waals surface area contributed by atoms with Crippen LogP contribution in [0.1, 0.15) is 78.7 Å². The van der Waals surface area contributed by atoms with Gasteiger partial charge in [0.25, 0.3) is 0 Å². The first-order chi connectivity index (χ1) is 15.6. The normalized spacial score (nSPS) is 21.5. The van der Waals surface area contributed by atoms with E-state index in [0.717, 1.165) is 48.5 Å². The van der Waals surface area contributed by atoms with Crippen LogP contribution in [-0.2, 0) is 15.1 Å². The molecule has 2 atom stereocenters. The quantitative estimate of drug-likeness (QED) is 0.339. The maximum Gasteiger partial charge on any atom is 0.222 e. The molecule has 2 heterocycles. The minimum Gasteiger partial charge on any atom is -0.379 e. The highest BCUT2D eigenvalue weighted by molar-refractivity contribution is 6.30. The van der Waals surface area contributed by atoms with Gasteiger partial charge in [-0.1, -0.05) is 56.7 Å². The average molecular weight is 471 g/mol. The van der Waals surface area contributed by atoms with Gasteiger partial charge in [-0.25, -0.2) is 0 Å². The lowest BCUT2D eigenvalue weighted by Gasteiger charge is -2.27. The summed E-state index contributed by atoms with van der Waals surface area (Å²) in [7, 11) is 0. The van der Waals surface area contributed by atoms with E-state index in [9.17, 15) is 9.59 Å².